The summed E-state index contributed by atoms with van der Waals surface area (Å²) in [4.78, 5) is 4.84. The van der Waals surface area contributed by atoms with Crippen LogP contribution in [0.15, 0.2) is 23.2 Å². The van der Waals surface area contributed by atoms with Crippen molar-refractivity contribution >= 4 is 5.71 Å². The number of aliphatic imine (C=N–C) groups is 1. The minimum Gasteiger partial charge on any atom is -0.288 e. The molecule has 0 atom stereocenters. The third kappa shape index (κ3) is 2.15. The lowest BCUT2D eigenvalue weighted by atomic mass is 9.80. The molecule has 17 heavy (non-hydrogen) atoms. The van der Waals surface area contributed by atoms with Gasteiger partial charge < -0.3 is 0 Å². The normalized spacial score (nSPS) is 20.9. The highest BCUT2D eigenvalue weighted by atomic mass is 14.8. The summed E-state index contributed by atoms with van der Waals surface area (Å²) in [6.07, 6.45) is 8.05. The molecule has 1 aliphatic carbocycles. The van der Waals surface area contributed by atoms with Gasteiger partial charge in [-0.3, -0.25) is 4.99 Å². The van der Waals surface area contributed by atoms with E-state index < -0.39 is 0 Å². The molecule has 1 fully saturated rings. The lowest BCUT2D eigenvalue weighted by Crippen LogP contribution is -2.23. The highest BCUT2D eigenvalue weighted by Gasteiger charge is 2.24. The molecule has 1 aromatic rings. The SMILES string of the molecule is Cc1ccc2c(c1)CCN=C2C1CCCCC1. The van der Waals surface area contributed by atoms with Crippen molar-refractivity contribution in [1.29, 1.82) is 0 Å². The van der Waals surface area contributed by atoms with Gasteiger partial charge >= 0.3 is 0 Å². The van der Waals surface area contributed by atoms with Gasteiger partial charge in [-0.15, -0.1) is 0 Å². The topological polar surface area (TPSA) is 12.4 Å². The number of rotatable bonds is 1. The molecule has 1 saturated carbocycles. The molecule has 1 aromatic carbocycles. The van der Waals surface area contributed by atoms with Gasteiger partial charge in [0.05, 0.1) is 0 Å². The molecule has 0 aromatic heterocycles. The van der Waals surface area contributed by atoms with E-state index in [9.17, 15) is 0 Å². The van der Waals surface area contributed by atoms with Crippen molar-refractivity contribution in [3.8, 4) is 0 Å². The molecule has 3 rings (SSSR count). The monoisotopic (exact) mass is 227 g/mol. The van der Waals surface area contributed by atoms with E-state index in [0.717, 1.165) is 18.9 Å². The van der Waals surface area contributed by atoms with E-state index in [1.165, 1.54) is 54.5 Å². The molecule has 2 aliphatic rings. The maximum atomic E-state index is 4.84. The zero-order chi connectivity index (χ0) is 11.7. The standard InChI is InChI=1S/C16H21N/c1-12-7-8-15-14(11-12)9-10-17-16(15)13-5-3-2-4-6-13/h7-8,11,13H,2-6,9-10H2,1H3. The highest BCUT2D eigenvalue weighted by molar-refractivity contribution is 6.04. The first-order valence-electron chi connectivity index (χ1n) is 6.99. The van der Waals surface area contributed by atoms with Gasteiger partial charge in [0.2, 0.25) is 0 Å². The molecular formula is C16H21N. The lowest BCUT2D eigenvalue weighted by molar-refractivity contribution is 0.438. The molecule has 1 heteroatoms. The van der Waals surface area contributed by atoms with Crippen LogP contribution in [0.4, 0.5) is 0 Å². The molecule has 0 bridgehead atoms. The maximum Gasteiger partial charge on any atom is 0.0454 e. The van der Waals surface area contributed by atoms with Crippen LogP contribution in [0.1, 0.15) is 48.8 Å². The predicted molar refractivity (Wildman–Crippen MR) is 72.9 cm³/mol. The number of aryl methyl sites for hydroxylation is 1. The molecule has 0 amide bonds. The van der Waals surface area contributed by atoms with Gasteiger partial charge in [0.15, 0.2) is 0 Å². The second-order valence-electron chi connectivity index (χ2n) is 5.51. The summed E-state index contributed by atoms with van der Waals surface area (Å²) in [6.45, 7) is 3.19. The summed E-state index contributed by atoms with van der Waals surface area (Å²) in [6, 6.07) is 6.90. The summed E-state index contributed by atoms with van der Waals surface area (Å²) < 4.78 is 0. The third-order valence-electron chi connectivity index (χ3n) is 4.19. The van der Waals surface area contributed by atoms with Gasteiger partial charge in [-0.05, 0) is 37.3 Å². The maximum absolute atomic E-state index is 4.84. The van der Waals surface area contributed by atoms with Crippen molar-refractivity contribution in [2.24, 2.45) is 10.9 Å². The van der Waals surface area contributed by atoms with Crippen LogP contribution in [0.5, 0.6) is 0 Å². The molecule has 0 unspecified atom stereocenters. The van der Waals surface area contributed by atoms with Gasteiger partial charge in [-0.1, -0.05) is 43.0 Å². The Hall–Kier alpha value is -1.11. The van der Waals surface area contributed by atoms with Crippen LogP contribution in [-0.2, 0) is 6.42 Å². The zero-order valence-corrected chi connectivity index (χ0v) is 10.7. The lowest BCUT2D eigenvalue weighted by Gasteiger charge is -2.27. The van der Waals surface area contributed by atoms with Crippen molar-refractivity contribution in [2.45, 2.75) is 45.4 Å². The smallest absolute Gasteiger partial charge is 0.0454 e. The largest absolute Gasteiger partial charge is 0.288 e. The Morgan fingerprint density at radius 1 is 1.12 bits per heavy atom. The Kier molecular flexibility index (Phi) is 3.00. The van der Waals surface area contributed by atoms with Crippen molar-refractivity contribution in [3.63, 3.8) is 0 Å². The summed E-state index contributed by atoms with van der Waals surface area (Å²) >= 11 is 0. The minimum absolute atomic E-state index is 0.741. The first-order chi connectivity index (χ1) is 8.34. The molecular weight excluding hydrogens is 206 g/mol. The highest BCUT2D eigenvalue weighted by Crippen LogP contribution is 2.30. The van der Waals surface area contributed by atoms with E-state index in [1.807, 2.05) is 0 Å². The number of benzene rings is 1. The Labute approximate surface area is 104 Å². The van der Waals surface area contributed by atoms with Crippen LogP contribution >= 0.6 is 0 Å². The van der Waals surface area contributed by atoms with Gasteiger partial charge in [0, 0.05) is 18.2 Å². The molecule has 0 radical (unpaired) electrons. The van der Waals surface area contributed by atoms with Gasteiger partial charge in [-0.2, -0.15) is 0 Å². The van der Waals surface area contributed by atoms with Crippen LogP contribution in [0.3, 0.4) is 0 Å². The predicted octanol–water partition coefficient (Wildman–Crippen LogP) is 3.92. The summed E-state index contributed by atoms with van der Waals surface area (Å²) in [5.41, 5.74) is 5.79. The zero-order valence-electron chi connectivity index (χ0n) is 10.7. The van der Waals surface area contributed by atoms with E-state index in [4.69, 9.17) is 4.99 Å². The summed E-state index contributed by atoms with van der Waals surface area (Å²) in [5, 5.41) is 0. The van der Waals surface area contributed by atoms with Gasteiger partial charge in [-0.25, -0.2) is 0 Å². The Bertz CT molecular complexity index is 439. The number of nitrogens with zero attached hydrogens (tertiary/aromatic N) is 1. The fourth-order valence-corrected chi connectivity index (χ4v) is 3.29. The first kappa shape index (κ1) is 11.0. The second-order valence-corrected chi connectivity index (χ2v) is 5.51. The van der Waals surface area contributed by atoms with Crippen LogP contribution in [0.25, 0.3) is 0 Å². The third-order valence-corrected chi connectivity index (χ3v) is 4.19. The van der Waals surface area contributed by atoms with E-state index in [0.29, 0.717) is 0 Å². The molecule has 0 saturated heterocycles. The number of fused-ring (bicyclic) bond motifs is 1. The van der Waals surface area contributed by atoms with E-state index >= 15 is 0 Å². The van der Waals surface area contributed by atoms with E-state index in [2.05, 4.69) is 25.1 Å². The van der Waals surface area contributed by atoms with Crippen LogP contribution in [0.2, 0.25) is 0 Å². The summed E-state index contributed by atoms with van der Waals surface area (Å²) in [7, 11) is 0. The summed E-state index contributed by atoms with van der Waals surface area (Å²) in [5.74, 6) is 0.741. The van der Waals surface area contributed by atoms with Crippen LogP contribution in [0, 0.1) is 12.8 Å². The van der Waals surface area contributed by atoms with Crippen molar-refractivity contribution in [1.82, 2.24) is 0 Å². The Balaban J connectivity index is 1.93. The first-order valence-corrected chi connectivity index (χ1v) is 6.99. The van der Waals surface area contributed by atoms with Gasteiger partial charge in [0.1, 0.15) is 0 Å². The van der Waals surface area contributed by atoms with E-state index in [1.54, 1.807) is 0 Å². The average Bonchev–Trinajstić information content (AvgIpc) is 2.39. The van der Waals surface area contributed by atoms with Gasteiger partial charge in [0.25, 0.3) is 0 Å². The number of hydrogen-bond acceptors (Lipinski definition) is 1. The average molecular weight is 227 g/mol. The molecule has 0 N–H and O–H groups in total. The molecule has 0 spiro atoms. The second kappa shape index (κ2) is 4.64. The van der Waals surface area contributed by atoms with Crippen molar-refractivity contribution in [3.05, 3.63) is 34.9 Å². The molecule has 1 nitrogen and oxygen atoms in total. The van der Waals surface area contributed by atoms with Crippen molar-refractivity contribution < 1.29 is 0 Å². The molecule has 90 valence electrons. The molecule has 1 heterocycles. The number of hydrogen-bond donors (Lipinski definition) is 0. The van der Waals surface area contributed by atoms with Crippen LogP contribution < -0.4 is 0 Å². The van der Waals surface area contributed by atoms with Crippen LogP contribution in [-0.4, -0.2) is 12.3 Å². The molecule has 1 aliphatic heterocycles. The minimum atomic E-state index is 0.741. The fraction of sp³-hybridized carbons (Fsp3) is 0.562. The fourth-order valence-electron chi connectivity index (χ4n) is 3.29. The Morgan fingerprint density at radius 2 is 1.94 bits per heavy atom. The van der Waals surface area contributed by atoms with E-state index in [-0.39, 0.29) is 0 Å². The quantitative estimate of drug-likeness (QED) is 0.689. The van der Waals surface area contributed by atoms with Crippen molar-refractivity contribution in [2.75, 3.05) is 6.54 Å². The Morgan fingerprint density at radius 3 is 2.76 bits per heavy atom.